The summed E-state index contributed by atoms with van der Waals surface area (Å²) in [6, 6.07) is 8.78. The Balaban J connectivity index is 1.42. The highest BCUT2D eigenvalue weighted by Crippen LogP contribution is 2.30. The third-order valence-corrected chi connectivity index (χ3v) is 5.14. The van der Waals surface area contributed by atoms with Crippen molar-refractivity contribution in [3.63, 3.8) is 0 Å². The number of amides is 1. The minimum atomic E-state index is 0.152. The third kappa shape index (κ3) is 2.82. The molecule has 0 saturated carbocycles. The Morgan fingerprint density at radius 3 is 3.08 bits per heavy atom. The second-order valence-electron chi connectivity index (χ2n) is 6.76. The lowest BCUT2D eigenvalue weighted by Gasteiger charge is -2.36. The first-order valence-corrected chi connectivity index (χ1v) is 8.72. The van der Waals surface area contributed by atoms with Gasteiger partial charge >= 0.3 is 0 Å². The number of nitrogens with one attached hydrogen (secondary N) is 1. The molecule has 4 rings (SSSR count). The van der Waals surface area contributed by atoms with Crippen LogP contribution in [0.15, 0.2) is 30.6 Å². The van der Waals surface area contributed by atoms with Crippen molar-refractivity contribution in [2.24, 2.45) is 0 Å². The lowest BCUT2D eigenvalue weighted by atomic mass is 9.96. The highest BCUT2D eigenvalue weighted by Gasteiger charge is 2.28. The summed E-state index contributed by atoms with van der Waals surface area (Å²) in [5.41, 5.74) is 2.35. The molecule has 3 heterocycles. The Morgan fingerprint density at radius 1 is 1.29 bits per heavy atom. The van der Waals surface area contributed by atoms with E-state index >= 15 is 0 Å². The van der Waals surface area contributed by atoms with Gasteiger partial charge in [-0.1, -0.05) is 18.2 Å². The molecule has 0 fully saturated rings. The quantitative estimate of drug-likeness (QED) is 0.930. The number of aromatic nitrogens is 3. The van der Waals surface area contributed by atoms with Crippen molar-refractivity contribution in [3.8, 4) is 0 Å². The summed E-state index contributed by atoms with van der Waals surface area (Å²) in [6.07, 6.45) is 5.59. The minimum absolute atomic E-state index is 0.152. The van der Waals surface area contributed by atoms with Gasteiger partial charge in [0, 0.05) is 24.2 Å². The van der Waals surface area contributed by atoms with Crippen LogP contribution in [0.3, 0.4) is 0 Å². The van der Waals surface area contributed by atoms with E-state index in [0.717, 1.165) is 43.7 Å². The summed E-state index contributed by atoms with van der Waals surface area (Å²) in [5.74, 6) is 1.19. The van der Waals surface area contributed by atoms with Crippen LogP contribution < -0.4 is 10.2 Å². The van der Waals surface area contributed by atoms with Gasteiger partial charge in [-0.25, -0.2) is 9.67 Å². The van der Waals surface area contributed by atoms with Crippen LogP contribution in [0.25, 0.3) is 0 Å². The van der Waals surface area contributed by atoms with Crippen LogP contribution >= 0.6 is 0 Å². The van der Waals surface area contributed by atoms with Crippen LogP contribution in [0.5, 0.6) is 0 Å². The van der Waals surface area contributed by atoms with E-state index in [1.165, 1.54) is 5.56 Å². The molecular weight excluding hydrogens is 302 g/mol. The van der Waals surface area contributed by atoms with Gasteiger partial charge in [0.2, 0.25) is 5.91 Å². The molecule has 6 heteroatoms. The molecule has 2 aromatic rings. The lowest BCUT2D eigenvalue weighted by Crippen LogP contribution is -2.49. The molecule has 2 aliphatic heterocycles. The van der Waals surface area contributed by atoms with Crippen molar-refractivity contribution >= 4 is 11.6 Å². The summed E-state index contributed by atoms with van der Waals surface area (Å²) in [4.78, 5) is 19.0. The van der Waals surface area contributed by atoms with Gasteiger partial charge in [-0.05, 0) is 37.8 Å². The third-order valence-electron chi connectivity index (χ3n) is 5.14. The maximum Gasteiger partial charge on any atom is 0.241 e. The van der Waals surface area contributed by atoms with Crippen molar-refractivity contribution in [2.75, 3.05) is 11.4 Å². The highest BCUT2D eigenvalue weighted by molar-refractivity contribution is 5.96. The SMILES string of the molecule is C[C@@H]1CCc2ccccc2N1C(=O)CN[C@H]1CCc2ncnn2C1. The van der Waals surface area contributed by atoms with Crippen LogP contribution in [0.4, 0.5) is 5.69 Å². The highest BCUT2D eigenvalue weighted by atomic mass is 16.2. The van der Waals surface area contributed by atoms with Gasteiger partial charge in [0.05, 0.1) is 13.1 Å². The molecule has 1 aromatic carbocycles. The maximum atomic E-state index is 12.8. The predicted molar refractivity (Wildman–Crippen MR) is 91.8 cm³/mol. The molecule has 6 nitrogen and oxygen atoms in total. The van der Waals surface area contributed by atoms with Gasteiger partial charge in [0.1, 0.15) is 12.2 Å². The van der Waals surface area contributed by atoms with Crippen LogP contribution in [-0.4, -0.2) is 39.3 Å². The van der Waals surface area contributed by atoms with Crippen molar-refractivity contribution < 1.29 is 4.79 Å². The number of rotatable bonds is 3. The number of carbonyl (C=O) groups excluding carboxylic acids is 1. The summed E-state index contributed by atoms with van der Waals surface area (Å²) in [5, 5.41) is 7.66. The first-order chi connectivity index (χ1) is 11.7. The fraction of sp³-hybridized carbons (Fsp3) is 0.500. The zero-order valence-electron chi connectivity index (χ0n) is 14.0. The monoisotopic (exact) mass is 325 g/mol. The topological polar surface area (TPSA) is 63.1 Å². The summed E-state index contributed by atoms with van der Waals surface area (Å²) in [6.45, 7) is 3.29. The first kappa shape index (κ1) is 15.3. The summed E-state index contributed by atoms with van der Waals surface area (Å²) in [7, 11) is 0. The molecule has 0 unspecified atom stereocenters. The zero-order valence-corrected chi connectivity index (χ0v) is 14.0. The van der Waals surface area contributed by atoms with Crippen LogP contribution in [0, 0.1) is 0 Å². The Kier molecular flexibility index (Phi) is 4.06. The molecule has 24 heavy (non-hydrogen) atoms. The molecule has 2 aliphatic rings. The van der Waals surface area contributed by atoms with Crippen molar-refractivity contribution in [3.05, 3.63) is 42.0 Å². The Hall–Kier alpha value is -2.21. The largest absolute Gasteiger partial charge is 0.308 e. The van der Waals surface area contributed by atoms with E-state index in [1.807, 2.05) is 21.7 Å². The maximum absolute atomic E-state index is 12.8. The molecule has 0 bridgehead atoms. The van der Waals surface area contributed by atoms with Gasteiger partial charge in [0.15, 0.2) is 0 Å². The number of carbonyl (C=O) groups is 1. The molecule has 1 amide bonds. The molecule has 0 aliphatic carbocycles. The molecule has 0 saturated heterocycles. The van der Waals surface area contributed by atoms with E-state index in [2.05, 4.69) is 34.5 Å². The second-order valence-corrected chi connectivity index (χ2v) is 6.76. The number of para-hydroxylation sites is 1. The standard InChI is InChI=1S/C18H23N5O/c1-13-6-7-14-4-2-3-5-16(14)23(13)18(24)10-19-15-8-9-17-20-12-21-22(17)11-15/h2-5,12-13,15,19H,6-11H2,1H3/t13-,15+/m1/s1. The normalized spacial score (nSPS) is 22.8. The molecule has 126 valence electrons. The van der Waals surface area contributed by atoms with Gasteiger partial charge in [-0.2, -0.15) is 5.10 Å². The van der Waals surface area contributed by atoms with E-state index in [4.69, 9.17) is 0 Å². The Bertz CT molecular complexity index is 741. The summed E-state index contributed by atoms with van der Waals surface area (Å²) >= 11 is 0. The Morgan fingerprint density at radius 2 is 2.17 bits per heavy atom. The van der Waals surface area contributed by atoms with Crippen molar-refractivity contribution in [1.82, 2.24) is 20.1 Å². The number of hydrogen-bond acceptors (Lipinski definition) is 4. The predicted octanol–water partition coefficient (Wildman–Crippen LogP) is 1.55. The number of anilines is 1. The number of nitrogens with zero attached hydrogens (tertiary/aromatic N) is 4. The second kappa shape index (κ2) is 6.36. The molecular formula is C18H23N5O. The van der Waals surface area contributed by atoms with Gasteiger partial charge in [-0.3, -0.25) is 4.79 Å². The van der Waals surface area contributed by atoms with E-state index < -0.39 is 0 Å². The van der Waals surface area contributed by atoms with Gasteiger partial charge < -0.3 is 10.2 Å². The average molecular weight is 325 g/mol. The first-order valence-electron chi connectivity index (χ1n) is 8.72. The average Bonchev–Trinajstić information content (AvgIpc) is 3.07. The number of benzene rings is 1. The number of fused-ring (bicyclic) bond motifs is 2. The molecule has 2 atom stereocenters. The van der Waals surface area contributed by atoms with Crippen LogP contribution in [-0.2, 0) is 24.2 Å². The molecule has 1 aromatic heterocycles. The lowest BCUT2D eigenvalue weighted by molar-refractivity contribution is -0.118. The van der Waals surface area contributed by atoms with Gasteiger partial charge in [-0.15, -0.1) is 0 Å². The van der Waals surface area contributed by atoms with E-state index in [9.17, 15) is 4.79 Å². The van der Waals surface area contributed by atoms with E-state index in [0.29, 0.717) is 6.54 Å². The fourth-order valence-electron chi connectivity index (χ4n) is 3.79. The van der Waals surface area contributed by atoms with Crippen molar-refractivity contribution in [2.45, 2.75) is 51.2 Å². The molecule has 0 spiro atoms. The Labute approximate surface area is 141 Å². The molecule has 1 N–H and O–H groups in total. The smallest absolute Gasteiger partial charge is 0.241 e. The van der Waals surface area contributed by atoms with E-state index in [-0.39, 0.29) is 18.0 Å². The van der Waals surface area contributed by atoms with Gasteiger partial charge in [0.25, 0.3) is 0 Å². The van der Waals surface area contributed by atoms with Crippen LogP contribution in [0.2, 0.25) is 0 Å². The minimum Gasteiger partial charge on any atom is -0.308 e. The fourth-order valence-corrected chi connectivity index (χ4v) is 3.79. The van der Waals surface area contributed by atoms with Crippen molar-refractivity contribution in [1.29, 1.82) is 0 Å². The number of hydrogen-bond donors (Lipinski definition) is 1. The zero-order chi connectivity index (χ0) is 16.5. The van der Waals surface area contributed by atoms with Crippen LogP contribution in [0.1, 0.15) is 31.2 Å². The van der Waals surface area contributed by atoms with E-state index in [1.54, 1.807) is 6.33 Å². The molecule has 0 radical (unpaired) electrons. The summed E-state index contributed by atoms with van der Waals surface area (Å²) < 4.78 is 1.93. The number of aryl methyl sites for hydroxylation is 2.